The summed E-state index contributed by atoms with van der Waals surface area (Å²) in [4.78, 5) is 0. The number of hydrogen-bond acceptors (Lipinski definition) is 0. The van der Waals surface area contributed by atoms with Gasteiger partial charge < -0.3 is 0 Å². The molecule has 0 bridgehead atoms. The van der Waals surface area contributed by atoms with Crippen LogP contribution in [0.15, 0.2) is 218 Å². The Hall–Kier alpha value is -8.06. The van der Waals surface area contributed by atoms with Crippen molar-refractivity contribution in [2.75, 3.05) is 0 Å². The second kappa shape index (κ2) is 12.7. The lowest BCUT2D eigenvalue weighted by molar-refractivity contribution is 1.69. The number of fused-ring (bicyclic) bond motifs is 21. The van der Waals surface area contributed by atoms with E-state index >= 15 is 0 Å². The summed E-state index contributed by atoms with van der Waals surface area (Å²) in [7, 11) is 0. The summed E-state index contributed by atoms with van der Waals surface area (Å²) in [5.74, 6) is 0. The summed E-state index contributed by atoms with van der Waals surface area (Å²) in [5, 5.41) is 28.3. The average molecular weight is 781 g/mol. The normalized spacial score (nSPS) is 12.2. The molecule has 14 aromatic carbocycles. The van der Waals surface area contributed by atoms with Gasteiger partial charge >= 0.3 is 0 Å². The predicted molar refractivity (Wildman–Crippen MR) is 270 cm³/mol. The van der Waals surface area contributed by atoms with Crippen molar-refractivity contribution in [3.05, 3.63) is 218 Å². The number of benzene rings is 14. The summed E-state index contributed by atoms with van der Waals surface area (Å²) in [6, 6.07) is 82.0. The van der Waals surface area contributed by atoms with Crippen molar-refractivity contribution >= 4 is 118 Å². The standard InChI is InChI=1S/C62H36/c1-3-15-43-38(13-1)29-31-53-55(35-57-49-21-7-5-17-45(49)47-19-9-11-23-51(47)61(57)59(43)53)40-27-25-37-26-28-41(34-42(37)33-40)56-36-58-50-22-8-6-18-46(50)48-20-10-12-24-52(48)62(58)60-44-16-4-2-14-39(44)30-32-54(56)60/h1-36H. The first-order chi connectivity index (χ1) is 30.8. The molecule has 0 aromatic heterocycles. The van der Waals surface area contributed by atoms with Crippen LogP contribution < -0.4 is 0 Å². The smallest absolute Gasteiger partial charge is 0.00137 e. The zero-order chi connectivity index (χ0) is 40.5. The van der Waals surface area contributed by atoms with Gasteiger partial charge in [0.15, 0.2) is 0 Å². The summed E-state index contributed by atoms with van der Waals surface area (Å²) < 4.78 is 0. The molecule has 0 heterocycles. The van der Waals surface area contributed by atoms with Crippen LogP contribution in [0.3, 0.4) is 0 Å². The third kappa shape index (κ3) is 4.67. The molecule has 0 fully saturated rings. The molecule has 0 aliphatic carbocycles. The van der Waals surface area contributed by atoms with Gasteiger partial charge in [0.25, 0.3) is 0 Å². The second-order valence-corrected chi connectivity index (χ2v) is 17.1. The Bertz CT molecular complexity index is 3980. The van der Waals surface area contributed by atoms with E-state index in [1.807, 2.05) is 0 Å². The van der Waals surface area contributed by atoms with Gasteiger partial charge in [-0.15, -0.1) is 0 Å². The number of rotatable bonds is 2. The molecule has 0 N–H and O–H groups in total. The topological polar surface area (TPSA) is 0 Å². The van der Waals surface area contributed by atoms with Crippen LogP contribution in [0.2, 0.25) is 0 Å². The third-order valence-corrected chi connectivity index (χ3v) is 13.9. The van der Waals surface area contributed by atoms with Crippen molar-refractivity contribution < 1.29 is 0 Å². The molecule has 0 unspecified atom stereocenters. The maximum Gasteiger partial charge on any atom is -0.00137 e. The Morgan fingerprint density at radius 3 is 0.887 bits per heavy atom. The SMILES string of the molecule is c1ccc2c(c1)ccc1c(-c3ccc4ccc(-c5cc6c7ccccc7c7ccccc7c6c6c5ccc5ccccc56)cc4c3)cc3c4ccccc4c4ccccc4c3c12. The Labute approximate surface area is 357 Å². The largest absolute Gasteiger partial charge is 0.0616 e. The molecule has 0 spiro atoms. The second-order valence-electron chi connectivity index (χ2n) is 17.1. The van der Waals surface area contributed by atoms with Gasteiger partial charge in [0.05, 0.1) is 0 Å². The fourth-order valence-corrected chi connectivity index (χ4v) is 11.2. The molecule has 0 radical (unpaired) electrons. The van der Waals surface area contributed by atoms with Crippen LogP contribution in [0.1, 0.15) is 0 Å². The first-order valence-corrected chi connectivity index (χ1v) is 21.7. The van der Waals surface area contributed by atoms with Crippen LogP contribution in [-0.4, -0.2) is 0 Å². The zero-order valence-electron chi connectivity index (χ0n) is 33.8. The predicted octanol–water partition coefficient (Wildman–Crippen LogP) is 17.7. The van der Waals surface area contributed by atoms with E-state index in [-0.39, 0.29) is 0 Å². The van der Waals surface area contributed by atoms with Gasteiger partial charge in [-0.25, -0.2) is 0 Å². The van der Waals surface area contributed by atoms with Crippen molar-refractivity contribution in [3.63, 3.8) is 0 Å². The summed E-state index contributed by atoms with van der Waals surface area (Å²) in [6.45, 7) is 0. The Kier molecular flexibility index (Phi) is 6.92. The molecule has 62 heavy (non-hydrogen) atoms. The van der Waals surface area contributed by atoms with Crippen molar-refractivity contribution in [2.45, 2.75) is 0 Å². The van der Waals surface area contributed by atoms with Gasteiger partial charge in [-0.2, -0.15) is 0 Å². The molecule has 0 aliphatic rings. The highest BCUT2D eigenvalue weighted by Crippen LogP contribution is 2.48. The molecule has 0 atom stereocenters. The highest BCUT2D eigenvalue weighted by Gasteiger charge is 2.20. The third-order valence-electron chi connectivity index (χ3n) is 13.9. The fraction of sp³-hybridized carbons (Fsp3) is 0. The van der Waals surface area contributed by atoms with Crippen LogP contribution in [0.4, 0.5) is 0 Å². The van der Waals surface area contributed by atoms with Gasteiger partial charge in [-0.1, -0.05) is 194 Å². The van der Waals surface area contributed by atoms with Crippen molar-refractivity contribution in [2.24, 2.45) is 0 Å². The van der Waals surface area contributed by atoms with Gasteiger partial charge in [0.2, 0.25) is 0 Å². The Morgan fingerprint density at radius 1 is 0.161 bits per heavy atom. The lowest BCUT2D eigenvalue weighted by atomic mass is 9.84. The van der Waals surface area contributed by atoms with Gasteiger partial charge in [0.1, 0.15) is 0 Å². The molecule has 0 nitrogen and oxygen atoms in total. The molecule has 284 valence electrons. The maximum atomic E-state index is 2.48. The van der Waals surface area contributed by atoms with Gasteiger partial charge in [-0.3, -0.25) is 0 Å². The van der Waals surface area contributed by atoms with Gasteiger partial charge in [-0.05, 0) is 165 Å². The monoisotopic (exact) mass is 780 g/mol. The molecule has 0 heteroatoms. The lowest BCUT2D eigenvalue weighted by Gasteiger charge is -2.18. The lowest BCUT2D eigenvalue weighted by Crippen LogP contribution is -1.91. The summed E-state index contributed by atoms with van der Waals surface area (Å²) >= 11 is 0. The van der Waals surface area contributed by atoms with Crippen molar-refractivity contribution in [1.82, 2.24) is 0 Å². The van der Waals surface area contributed by atoms with E-state index in [1.54, 1.807) is 0 Å². The molecule has 0 amide bonds. The van der Waals surface area contributed by atoms with Crippen molar-refractivity contribution in [3.8, 4) is 22.3 Å². The van der Waals surface area contributed by atoms with E-state index in [0.717, 1.165) is 0 Å². The zero-order valence-corrected chi connectivity index (χ0v) is 33.8. The number of hydrogen-bond donors (Lipinski definition) is 0. The van der Waals surface area contributed by atoms with E-state index < -0.39 is 0 Å². The highest BCUT2D eigenvalue weighted by molar-refractivity contribution is 6.38. The van der Waals surface area contributed by atoms with Crippen LogP contribution >= 0.6 is 0 Å². The first-order valence-electron chi connectivity index (χ1n) is 21.7. The highest BCUT2D eigenvalue weighted by atomic mass is 14.2. The molecular formula is C62H36. The van der Waals surface area contributed by atoms with E-state index in [0.29, 0.717) is 0 Å². The summed E-state index contributed by atoms with van der Waals surface area (Å²) in [6.07, 6.45) is 0. The van der Waals surface area contributed by atoms with E-state index in [1.165, 1.54) is 141 Å². The maximum absolute atomic E-state index is 2.48. The van der Waals surface area contributed by atoms with Gasteiger partial charge in [0, 0.05) is 0 Å². The summed E-state index contributed by atoms with van der Waals surface area (Å²) in [5.41, 5.74) is 4.96. The quantitative estimate of drug-likeness (QED) is 0.153. The minimum absolute atomic E-state index is 1.22. The minimum atomic E-state index is 1.22. The van der Waals surface area contributed by atoms with Crippen LogP contribution in [0, 0.1) is 0 Å². The molecule has 0 saturated heterocycles. The van der Waals surface area contributed by atoms with E-state index in [2.05, 4.69) is 218 Å². The van der Waals surface area contributed by atoms with E-state index in [4.69, 9.17) is 0 Å². The average Bonchev–Trinajstić information content (AvgIpc) is 3.35. The molecular weight excluding hydrogens is 745 g/mol. The Morgan fingerprint density at radius 2 is 0.468 bits per heavy atom. The van der Waals surface area contributed by atoms with Crippen LogP contribution in [0.5, 0.6) is 0 Å². The Balaban J connectivity index is 1.07. The molecule has 0 saturated carbocycles. The first kappa shape index (κ1) is 33.7. The van der Waals surface area contributed by atoms with E-state index in [9.17, 15) is 0 Å². The minimum Gasteiger partial charge on any atom is -0.0616 e. The molecule has 14 aromatic rings. The molecule has 14 rings (SSSR count). The van der Waals surface area contributed by atoms with Crippen LogP contribution in [0.25, 0.3) is 141 Å². The van der Waals surface area contributed by atoms with Crippen molar-refractivity contribution in [1.29, 1.82) is 0 Å². The van der Waals surface area contributed by atoms with Crippen LogP contribution in [-0.2, 0) is 0 Å². The fourth-order valence-electron chi connectivity index (χ4n) is 11.2. The molecule has 0 aliphatic heterocycles.